The van der Waals surface area contributed by atoms with Crippen molar-refractivity contribution < 1.29 is 28.6 Å². The Morgan fingerprint density at radius 1 is 1.00 bits per heavy atom. The summed E-state index contributed by atoms with van der Waals surface area (Å²) in [6, 6.07) is 12.8. The molecule has 198 valence electrons. The number of furan rings is 1. The Morgan fingerprint density at radius 3 is 2.26 bits per heavy atom. The average Bonchev–Trinajstić information content (AvgIpc) is 3.55. The van der Waals surface area contributed by atoms with Gasteiger partial charge in [0.1, 0.15) is 29.1 Å². The zero-order valence-electron chi connectivity index (χ0n) is 21.4. The van der Waals surface area contributed by atoms with Crippen LogP contribution in [-0.2, 0) is 9.59 Å². The van der Waals surface area contributed by atoms with E-state index in [0.29, 0.717) is 23.1 Å². The molecule has 9 heteroatoms. The highest BCUT2D eigenvalue weighted by Gasteiger charge is 2.48. The first kappa shape index (κ1) is 25.7. The molecule has 0 saturated carbocycles. The highest BCUT2D eigenvalue weighted by molar-refractivity contribution is 6.51. The van der Waals surface area contributed by atoms with Gasteiger partial charge in [-0.2, -0.15) is 0 Å². The number of ketones is 1. The van der Waals surface area contributed by atoms with Crippen molar-refractivity contribution in [3.05, 3.63) is 76.7 Å². The van der Waals surface area contributed by atoms with Crippen LogP contribution < -0.4 is 19.3 Å². The summed E-state index contributed by atoms with van der Waals surface area (Å²) < 4.78 is 16.3. The van der Waals surface area contributed by atoms with Crippen LogP contribution in [-0.4, -0.2) is 44.1 Å². The Bertz CT molecular complexity index is 1370. The molecule has 0 radical (unpaired) electrons. The van der Waals surface area contributed by atoms with Crippen LogP contribution >= 0.6 is 11.6 Å². The predicted octanol–water partition coefficient (Wildman–Crippen LogP) is 5.81. The second-order valence-electron chi connectivity index (χ2n) is 9.56. The molecule has 2 aliphatic heterocycles. The van der Waals surface area contributed by atoms with Crippen molar-refractivity contribution in [2.45, 2.75) is 25.8 Å². The smallest absolute Gasteiger partial charge is 0.300 e. The summed E-state index contributed by atoms with van der Waals surface area (Å²) in [5.74, 6) is -0.422. The lowest BCUT2D eigenvalue weighted by Crippen LogP contribution is -2.33. The van der Waals surface area contributed by atoms with Crippen LogP contribution in [0.4, 0.5) is 11.4 Å². The number of nitrogens with zero attached hydrogens (tertiary/aromatic N) is 2. The number of halogens is 1. The van der Waals surface area contributed by atoms with Crippen molar-refractivity contribution in [3.63, 3.8) is 0 Å². The van der Waals surface area contributed by atoms with E-state index >= 15 is 0 Å². The van der Waals surface area contributed by atoms with E-state index in [2.05, 4.69) is 11.8 Å². The van der Waals surface area contributed by atoms with Gasteiger partial charge in [-0.05, 0) is 61.2 Å². The molecular formula is C29H29ClN2O6. The molecule has 0 aliphatic carbocycles. The third-order valence-electron chi connectivity index (χ3n) is 7.26. The first-order chi connectivity index (χ1) is 18.3. The van der Waals surface area contributed by atoms with Gasteiger partial charge >= 0.3 is 0 Å². The summed E-state index contributed by atoms with van der Waals surface area (Å²) in [6.45, 7) is 4.22. The Morgan fingerprint density at radius 2 is 1.66 bits per heavy atom. The van der Waals surface area contributed by atoms with Crippen LogP contribution in [0.15, 0.2) is 64.8 Å². The lowest BCUT2D eigenvalue weighted by atomic mass is 9.98. The third kappa shape index (κ3) is 4.49. The van der Waals surface area contributed by atoms with Gasteiger partial charge in [0, 0.05) is 30.5 Å². The molecule has 0 spiro atoms. The maximum Gasteiger partial charge on any atom is 0.300 e. The summed E-state index contributed by atoms with van der Waals surface area (Å²) in [4.78, 5) is 30.5. The minimum Gasteiger partial charge on any atom is -0.507 e. The van der Waals surface area contributed by atoms with E-state index < -0.39 is 23.5 Å². The van der Waals surface area contributed by atoms with Crippen molar-refractivity contribution in [3.8, 4) is 11.5 Å². The van der Waals surface area contributed by atoms with Crippen LogP contribution in [0.3, 0.4) is 0 Å². The van der Waals surface area contributed by atoms with E-state index in [1.54, 1.807) is 12.1 Å². The topological polar surface area (TPSA) is 92.4 Å². The number of carbonyl (C=O) groups is 2. The summed E-state index contributed by atoms with van der Waals surface area (Å²) in [6.07, 6.45) is 3.72. The Hall–Kier alpha value is -3.91. The molecule has 0 bridgehead atoms. The SMILES string of the molecule is COc1cc(OC)c(/C(O)=C2/C(=O)C(=O)N(c3ccc(N4CCC(C)CC4)cc3)C2c2ccco2)cc1Cl. The average molecular weight is 537 g/mol. The third-order valence-corrected chi connectivity index (χ3v) is 7.56. The number of methoxy groups -OCH3 is 2. The zero-order chi connectivity index (χ0) is 27.0. The Labute approximate surface area is 226 Å². The molecule has 3 heterocycles. The van der Waals surface area contributed by atoms with Crippen LogP contribution in [0, 0.1) is 5.92 Å². The molecular weight excluding hydrogens is 508 g/mol. The molecule has 2 aromatic carbocycles. The number of carbonyl (C=O) groups excluding carboxylic acids is 2. The van der Waals surface area contributed by atoms with Crippen molar-refractivity contribution in [2.24, 2.45) is 5.92 Å². The number of hydrogen-bond acceptors (Lipinski definition) is 7. The van der Waals surface area contributed by atoms with E-state index in [0.717, 1.165) is 31.6 Å². The fourth-order valence-electron chi connectivity index (χ4n) is 5.10. The second-order valence-corrected chi connectivity index (χ2v) is 9.96. The number of aliphatic hydroxyl groups is 1. The molecule has 1 amide bonds. The van der Waals surface area contributed by atoms with Gasteiger partial charge in [-0.15, -0.1) is 0 Å². The number of anilines is 2. The summed E-state index contributed by atoms with van der Waals surface area (Å²) in [5, 5.41) is 11.6. The molecule has 1 N–H and O–H groups in total. The lowest BCUT2D eigenvalue weighted by Gasteiger charge is -2.32. The number of ether oxygens (including phenoxy) is 2. The lowest BCUT2D eigenvalue weighted by molar-refractivity contribution is -0.132. The number of piperidine rings is 1. The van der Waals surface area contributed by atoms with Crippen molar-refractivity contribution >= 4 is 40.4 Å². The fraction of sp³-hybridized carbons (Fsp3) is 0.310. The van der Waals surface area contributed by atoms with Gasteiger partial charge in [-0.1, -0.05) is 18.5 Å². The van der Waals surface area contributed by atoms with Gasteiger partial charge in [-0.3, -0.25) is 14.5 Å². The van der Waals surface area contributed by atoms with Gasteiger partial charge in [0.25, 0.3) is 11.7 Å². The number of Topliss-reactive ketones (excluding diaryl/α,β-unsaturated/α-hetero) is 1. The molecule has 2 aliphatic rings. The van der Waals surface area contributed by atoms with Gasteiger partial charge in [0.05, 0.1) is 36.6 Å². The largest absolute Gasteiger partial charge is 0.507 e. The first-order valence-corrected chi connectivity index (χ1v) is 12.8. The molecule has 8 nitrogen and oxygen atoms in total. The minimum absolute atomic E-state index is 0.126. The molecule has 5 rings (SSSR count). The predicted molar refractivity (Wildman–Crippen MR) is 145 cm³/mol. The van der Waals surface area contributed by atoms with Crippen LogP contribution in [0.2, 0.25) is 5.02 Å². The van der Waals surface area contributed by atoms with E-state index in [-0.39, 0.29) is 21.9 Å². The second kappa shape index (κ2) is 10.5. The summed E-state index contributed by atoms with van der Waals surface area (Å²) >= 11 is 6.32. The molecule has 2 saturated heterocycles. The minimum atomic E-state index is -0.989. The molecule has 3 aromatic rings. The number of aliphatic hydroxyl groups excluding tert-OH is 1. The molecule has 38 heavy (non-hydrogen) atoms. The number of benzene rings is 2. The Kier molecular flexibility index (Phi) is 7.08. The van der Waals surface area contributed by atoms with Crippen LogP contribution in [0.1, 0.15) is 37.1 Å². The maximum atomic E-state index is 13.4. The maximum absolute atomic E-state index is 13.4. The van der Waals surface area contributed by atoms with Crippen LogP contribution in [0.25, 0.3) is 5.76 Å². The van der Waals surface area contributed by atoms with Gasteiger partial charge in [-0.25, -0.2) is 0 Å². The van der Waals surface area contributed by atoms with Crippen molar-refractivity contribution in [2.75, 3.05) is 37.1 Å². The molecule has 1 aromatic heterocycles. The van der Waals surface area contributed by atoms with E-state index in [1.807, 2.05) is 24.3 Å². The number of rotatable bonds is 6. The van der Waals surface area contributed by atoms with E-state index in [9.17, 15) is 14.7 Å². The Balaban J connectivity index is 1.59. The van der Waals surface area contributed by atoms with Crippen molar-refractivity contribution in [1.82, 2.24) is 0 Å². The summed E-state index contributed by atoms with van der Waals surface area (Å²) in [7, 11) is 2.88. The van der Waals surface area contributed by atoms with Gasteiger partial charge in [0.15, 0.2) is 0 Å². The van der Waals surface area contributed by atoms with E-state index in [1.165, 1.54) is 37.5 Å². The zero-order valence-corrected chi connectivity index (χ0v) is 22.2. The van der Waals surface area contributed by atoms with Crippen molar-refractivity contribution in [1.29, 1.82) is 0 Å². The molecule has 2 fully saturated rings. The first-order valence-electron chi connectivity index (χ1n) is 12.4. The highest BCUT2D eigenvalue weighted by atomic mass is 35.5. The number of hydrogen-bond donors (Lipinski definition) is 1. The molecule has 1 unspecified atom stereocenters. The summed E-state index contributed by atoms with van der Waals surface area (Å²) in [5.41, 5.74) is 1.60. The van der Waals surface area contributed by atoms with Gasteiger partial charge < -0.3 is 23.9 Å². The standard InChI is InChI=1S/C29H29ClN2O6/c1-17-10-12-31(13-11-17)18-6-8-19(9-7-18)32-26(22-5-4-14-38-22)25(28(34)29(32)35)27(33)20-15-21(30)24(37-3)16-23(20)36-2/h4-9,14-17,26,33H,10-13H2,1-3H3/b27-25-. The molecule has 1 atom stereocenters. The van der Waals surface area contributed by atoms with Crippen LogP contribution in [0.5, 0.6) is 11.5 Å². The normalized spacial score (nSPS) is 19.7. The fourth-order valence-corrected chi connectivity index (χ4v) is 5.34. The van der Waals surface area contributed by atoms with Gasteiger partial charge in [0.2, 0.25) is 0 Å². The van der Waals surface area contributed by atoms with E-state index in [4.69, 9.17) is 25.5 Å². The highest BCUT2D eigenvalue weighted by Crippen LogP contribution is 2.45. The number of amides is 1. The monoisotopic (exact) mass is 536 g/mol. The quantitative estimate of drug-likeness (QED) is 0.241.